The van der Waals surface area contributed by atoms with Gasteiger partial charge in [0.05, 0.1) is 0 Å². The zero-order valence-electron chi connectivity index (χ0n) is 30.2. The standard InChI is InChI=1S/C46H41BN2O2/c1-44(2)20-21-45(3,4)36-27-41-38(26-35(36)44)47-37-25-34-32(24-40(37)51-43-42(47)39(50-41)19-22-48-43)31-18-17-30(23-33(31)46(34,5)6)49(28-13-9-7-10-14-28)29-15-11-8-12-16-29/h7-19,22-27H,20-21H2,1-6H3. The number of benzene rings is 5. The molecule has 0 fully saturated rings. The lowest BCUT2D eigenvalue weighted by molar-refractivity contribution is 0.330. The summed E-state index contributed by atoms with van der Waals surface area (Å²) >= 11 is 0. The van der Waals surface area contributed by atoms with Gasteiger partial charge in [-0.15, -0.1) is 0 Å². The number of pyridine rings is 1. The molecule has 1 aromatic heterocycles. The fraction of sp³-hybridized carbons (Fsp3) is 0.239. The molecule has 0 atom stereocenters. The highest BCUT2D eigenvalue weighted by Crippen LogP contribution is 2.53. The molecule has 0 bridgehead atoms. The third kappa shape index (κ3) is 4.36. The van der Waals surface area contributed by atoms with Crippen LogP contribution >= 0.6 is 0 Å². The number of ether oxygens (including phenoxy) is 2. The highest BCUT2D eigenvalue weighted by atomic mass is 16.5. The molecule has 0 amide bonds. The molecule has 51 heavy (non-hydrogen) atoms. The van der Waals surface area contributed by atoms with Gasteiger partial charge in [0.25, 0.3) is 6.71 Å². The van der Waals surface area contributed by atoms with Crippen LogP contribution in [0.15, 0.2) is 115 Å². The van der Waals surface area contributed by atoms with E-state index in [0.717, 1.165) is 52.6 Å². The van der Waals surface area contributed by atoms with Crippen molar-refractivity contribution in [2.75, 3.05) is 4.90 Å². The van der Waals surface area contributed by atoms with Crippen molar-refractivity contribution in [1.29, 1.82) is 0 Å². The van der Waals surface area contributed by atoms with E-state index >= 15 is 0 Å². The zero-order chi connectivity index (χ0) is 34.9. The average molecular weight is 665 g/mol. The Morgan fingerprint density at radius 3 is 1.80 bits per heavy atom. The zero-order valence-corrected chi connectivity index (χ0v) is 30.2. The fourth-order valence-corrected chi connectivity index (χ4v) is 9.32. The lowest BCUT2D eigenvalue weighted by atomic mass is 9.34. The van der Waals surface area contributed by atoms with E-state index in [0.29, 0.717) is 5.88 Å². The van der Waals surface area contributed by atoms with E-state index in [2.05, 4.69) is 150 Å². The van der Waals surface area contributed by atoms with E-state index in [1.807, 2.05) is 12.3 Å². The summed E-state index contributed by atoms with van der Waals surface area (Å²) in [5.41, 5.74) is 14.7. The summed E-state index contributed by atoms with van der Waals surface area (Å²) in [7, 11) is 0. The lowest BCUT2D eigenvalue weighted by Crippen LogP contribution is -2.58. The topological polar surface area (TPSA) is 34.6 Å². The first-order valence-electron chi connectivity index (χ1n) is 18.3. The first-order valence-corrected chi connectivity index (χ1v) is 18.3. The first kappa shape index (κ1) is 30.5. The van der Waals surface area contributed by atoms with E-state index in [4.69, 9.17) is 14.5 Å². The molecule has 4 aliphatic rings. The number of nitrogens with zero attached hydrogens (tertiary/aromatic N) is 2. The SMILES string of the molecule is CC1(C)CCC(C)(C)c2cc3c(cc21)Oc1ccnc2c1B3c1cc3c(cc1O2)-c1ccc(N(c2ccccc2)c2ccccc2)cc1C3(C)C. The second kappa shape index (κ2) is 10.4. The minimum atomic E-state index is -0.233. The van der Waals surface area contributed by atoms with Gasteiger partial charge in [-0.3, -0.25) is 0 Å². The van der Waals surface area contributed by atoms with Gasteiger partial charge < -0.3 is 14.4 Å². The second-order valence-electron chi connectivity index (χ2n) is 16.7. The number of anilines is 3. The van der Waals surface area contributed by atoms with E-state index in [1.54, 1.807) is 0 Å². The first-order chi connectivity index (χ1) is 24.5. The average Bonchev–Trinajstić information content (AvgIpc) is 3.34. The number of hydrogen-bond acceptors (Lipinski definition) is 4. The maximum Gasteiger partial charge on any atom is 0.262 e. The van der Waals surface area contributed by atoms with Gasteiger partial charge in [0.15, 0.2) is 0 Å². The van der Waals surface area contributed by atoms with Crippen molar-refractivity contribution in [2.45, 2.75) is 70.6 Å². The number of hydrogen-bond donors (Lipinski definition) is 0. The number of rotatable bonds is 3. The van der Waals surface area contributed by atoms with E-state index < -0.39 is 0 Å². The number of para-hydroxylation sites is 2. The van der Waals surface area contributed by atoms with Crippen LogP contribution in [0.25, 0.3) is 11.1 Å². The van der Waals surface area contributed by atoms with E-state index in [1.165, 1.54) is 44.3 Å². The Morgan fingerprint density at radius 1 is 0.549 bits per heavy atom. The fourth-order valence-electron chi connectivity index (χ4n) is 9.32. The number of aromatic nitrogens is 1. The summed E-state index contributed by atoms with van der Waals surface area (Å²) in [6.45, 7) is 14.3. The van der Waals surface area contributed by atoms with E-state index in [9.17, 15) is 0 Å². The summed E-state index contributed by atoms with van der Waals surface area (Å²) in [4.78, 5) is 7.12. The maximum absolute atomic E-state index is 6.73. The highest BCUT2D eigenvalue weighted by Gasteiger charge is 2.46. The van der Waals surface area contributed by atoms with Crippen molar-refractivity contribution in [3.05, 3.63) is 138 Å². The molecule has 5 heteroatoms. The van der Waals surface area contributed by atoms with Crippen LogP contribution in [0, 0.1) is 0 Å². The van der Waals surface area contributed by atoms with Gasteiger partial charge >= 0.3 is 0 Å². The molecule has 0 saturated heterocycles. The van der Waals surface area contributed by atoms with Crippen molar-refractivity contribution >= 4 is 40.2 Å². The van der Waals surface area contributed by atoms with Gasteiger partial charge in [0.1, 0.15) is 17.2 Å². The van der Waals surface area contributed by atoms with Crippen LogP contribution in [-0.2, 0) is 16.2 Å². The number of fused-ring (bicyclic) bond motifs is 8. The predicted molar refractivity (Wildman–Crippen MR) is 209 cm³/mol. The molecular weight excluding hydrogens is 623 g/mol. The quantitative estimate of drug-likeness (QED) is 0.176. The lowest BCUT2D eigenvalue weighted by Gasteiger charge is -2.43. The molecule has 0 radical (unpaired) electrons. The molecule has 10 rings (SSSR count). The second-order valence-corrected chi connectivity index (χ2v) is 16.7. The molecule has 3 heterocycles. The molecule has 5 aromatic carbocycles. The van der Waals surface area contributed by atoms with E-state index in [-0.39, 0.29) is 23.0 Å². The molecule has 250 valence electrons. The maximum atomic E-state index is 6.73. The molecule has 2 aliphatic heterocycles. The highest BCUT2D eigenvalue weighted by molar-refractivity contribution is 6.98. The van der Waals surface area contributed by atoms with Crippen LogP contribution in [0.3, 0.4) is 0 Å². The monoisotopic (exact) mass is 664 g/mol. The van der Waals surface area contributed by atoms with Crippen molar-refractivity contribution in [1.82, 2.24) is 4.98 Å². The van der Waals surface area contributed by atoms with Gasteiger partial charge in [-0.1, -0.05) is 96.1 Å². The van der Waals surface area contributed by atoms with Crippen molar-refractivity contribution in [3.63, 3.8) is 0 Å². The van der Waals surface area contributed by atoms with Gasteiger partial charge in [-0.05, 0) is 123 Å². The third-order valence-corrected chi connectivity index (χ3v) is 12.3. The Labute approximate surface area is 301 Å². The molecule has 0 N–H and O–H groups in total. The minimum Gasteiger partial charge on any atom is -0.458 e. The van der Waals surface area contributed by atoms with Gasteiger partial charge in [0, 0.05) is 34.1 Å². The van der Waals surface area contributed by atoms with Crippen LogP contribution in [0.1, 0.15) is 76.6 Å². The molecular formula is C46H41BN2O2. The Kier molecular flexibility index (Phi) is 6.22. The summed E-state index contributed by atoms with van der Waals surface area (Å²) < 4.78 is 13.4. The Bertz CT molecular complexity index is 2380. The van der Waals surface area contributed by atoms with Crippen LogP contribution in [0.5, 0.6) is 23.1 Å². The Balaban J connectivity index is 1.14. The Hall–Kier alpha value is -5.29. The molecule has 4 nitrogen and oxygen atoms in total. The van der Waals surface area contributed by atoms with Crippen molar-refractivity contribution < 1.29 is 9.47 Å². The largest absolute Gasteiger partial charge is 0.458 e. The van der Waals surface area contributed by atoms with Crippen LogP contribution in [0.2, 0.25) is 0 Å². The van der Waals surface area contributed by atoms with Gasteiger partial charge in [0.2, 0.25) is 5.88 Å². The smallest absolute Gasteiger partial charge is 0.262 e. The van der Waals surface area contributed by atoms with Crippen molar-refractivity contribution in [2.24, 2.45) is 0 Å². The molecule has 0 saturated carbocycles. The van der Waals surface area contributed by atoms with Crippen LogP contribution in [0.4, 0.5) is 17.1 Å². The van der Waals surface area contributed by atoms with Gasteiger partial charge in [-0.25, -0.2) is 4.98 Å². The summed E-state index contributed by atoms with van der Waals surface area (Å²) in [6.07, 6.45) is 4.13. The Morgan fingerprint density at radius 2 is 1.14 bits per heavy atom. The minimum absolute atomic E-state index is 0.0330. The van der Waals surface area contributed by atoms with Crippen molar-refractivity contribution in [3.8, 4) is 34.3 Å². The van der Waals surface area contributed by atoms with Crippen LogP contribution < -0.4 is 30.8 Å². The summed E-state index contributed by atoms with van der Waals surface area (Å²) in [5, 5.41) is 0. The summed E-state index contributed by atoms with van der Waals surface area (Å²) in [6, 6.07) is 39.8. The molecule has 6 aromatic rings. The molecule has 0 unspecified atom stereocenters. The third-order valence-electron chi connectivity index (χ3n) is 12.3. The molecule has 2 aliphatic carbocycles. The molecule has 0 spiro atoms. The normalized spacial score (nSPS) is 17.4. The predicted octanol–water partition coefficient (Wildman–Crippen LogP) is 9.93. The summed E-state index contributed by atoms with van der Waals surface area (Å²) in [5.74, 6) is 3.31. The van der Waals surface area contributed by atoms with Crippen LogP contribution in [-0.4, -0.2) is 11.7 Å². The van der Waals surface area contributed by atoms with Gasteiger partial charge in [-0.2, -0.15) is 0 Å².